The molecule has 0 bridgehead atoms. The highest BCUT2D eigenvalue weighted by atomic mass is 16.5. The molecule has 1 aromatic heterocycles. The molecule has 0 fully saturated rings. The highest BCUT2D eigenvalue weighted by Crippen LogP contribution is 2.41. The summed E-state index contributed by atoms with van der Waals surface area (Å²) in [5.74, 6) is 0.869. The fourth-order valence-electron chi connectivity index (χ4n) is 6.84. The van der Waals surface area contributed by atoms with Crippen LogP contribution in [0.1, 0.15) is 38.9 Å². The van der Waals surface area contributed by atoms with Crippen molar-refractivity contribution >= 4 is 21.8 Å². The Morgan fingerprint density at radius 2 is 0.925 bits per heavy atom. The van der Waals surface area contributed by atoms with Gasteiger partial charge < -0.3 is 9.30 Å². The summed E-state index contributed by atoms with van der Waals surface area (Å²) in [6.07, 6.45) is 0. The first-order valence-corrected chi connectivity index (χ1v) is 14.1. The van der Waals surface area contributed by atoms with Crippen molar-refractivity contribution in [2.45, 2.75) is 48.5 Å². The van der Waals surface area contributed by atoms with Gasteiger partial charge in [0.2, 0.25) is 0 Å². The van der Waals surface area contributed by atoms with Gasteiger partial charge in [-0.1, -0.05) is 53.6 Å². The molecule has 0 atom stereocenters. The van der Waals surface area contributed by atoms with Crippen LogP contribution in [-0.4, -0.2) is 11.7 Å². The smallest absolute Gasteiger partial charge is 0.142 e. The lowest BCUT2D eigenvalue weighted by Gasteiger charge is -2.15. The van der Waals surface area contributed by atoms with Gasteiger partial charge in [-0.3, -0.25) is 0 Å². The van der Waals surface area contributed by atoms with E-state index in [0.717, 1.165) is 11.4 Å². The molecule has 200 valence electrons. The van der Waals surface area contributed by atoms with Crippen molar-refractivity contribution in [3.8, 4) is 33.7 Å². The van der Waals surface area contributed by atoms with Gasteiger partial charge in [-0.25, -0.2) is 0 Å². The Balaban J connectivity index is 1.71. The summed E-state index contributed by atoms with van der Waals surface area (Å²) in [5.41, 5.74) is 17.6. The van der Waals surface area contributed by atoms with Gasteiger partial charge in [0.25, 0.3) is 0 Å². The van der Waals surface area contributed by atoms with E-state index in [0.29, 0.717) is 0 Å². The third kappa shape index (κ3) is 4.19. The van der Waals surface area contributed by atoms with Gasteiger partial charge in [-0.15, -0.1) is 0 Å². The van der Waals surface area contributed by atoms with E-state index in [4.69, 9.17) is 4.74 Å². The van der Waals surface area contributed by atoms with Crippen LogP contribution in [0.2, 0.25) is 0 Å². The molecule has 5 aromatic carbocycles. The molecule has 40 heavy (non-hydrogen) atoms. The lowest BCUT2D eigenvalue weighted by molar-refractivity contribution is 0.413. The molecule has 6 rings (SSSR count). The van der Waals surface area contributed by atoms with Gasteiger partial charge in [-0.2, -0.15) is 0 Å². The highest BCUT2D eigenvalue weighted by Gasteiger charge is 2.19. The third-order valence-corrected chi connectivity index (χ3v) is 8.27. The molecule has 1 heterocycles. The first-order valence-electron chi connectivity index (χ1n) is 14.1. The minimum atomic E-state index is 0.869. The van der Waals surface area contributed by atoms with Gasteiger partial charge in [0.1, 0.15) is 5.75 Å². The maximum atomic E-state index is 5.87. The molecule has 0 radical (unpaired) electrons. The van der Waals surface area contributed by atoms with Crippen LogP contribution in [0.25, 0.3) is 49.7 Å². The molecule has 0 amide bonds. The van der Waals surface area contributed by atoms with E-state index in [2.05, 4.69) is 132 Å². The Morgan fingerprint density at radius 1 is 0.475 bits per heavy atom. The van der Waals surface area contributed by atoms with Crippen LogP contribution in [0.15, 0.2) is 78.9 Å². The van der Waals surface area contributed by atoms with E-state index in [1.807, 2.05) is 0 Å². The SMILES string of the molecule is COc1ccc(C)cc1-n1c2ccc(-c3c(C)cc(C)cc3C)cc2c2cc(-c3c(C)cc(C)cc3C)ccc21. The molecule has 0 saturated heterocycles. The standard InChI is InChI=1S/C38H37NO/c1-22-9-14-36(40-8)35(19-22)39-33-12-10-29(37-25(4)15-23(2)16-26(37)5)20-31(33)32-21-30(11-13-34(32)39)38-27(6)17-24(3)18-28(38)7/h9-21H,1-8H3. The van der Waals surface area contributed by atoms with E-state index >= 15 is 0 Å². The summed E-state index contributed by atoms with van der Waals surface area (Å²) in [6, 6.07) is 29.5. The summed E-state index contributed by atoms with van der Waals surface area (Å²) in [5, 5.41) is 2.50. The Bertz CT molecular complexity index is 1790. The number of aromatic nitrogens is 1. The van der Waals surface area contributed by atoms with E-state index < -0.39 is 0 Å². The van der Waals surface area contributed by atoms with Crippen LogP contribution < -0.4 is 4.74 Å². The molecule has 6 aromatic rings. The molecular formula is C38H37NO. The average Bonchev–Trinajstić information content (AvgIpc) is 3.20. The number of rotatable bonds is 4. The minimum Gasteiger partial charge on any atom is -0.495 e. The second kappa shape index (κ2) is 9.71. The molecule has 2 nitrogen and oxygen atoms in total. The summed E-state index contributed by atoms with van der Waals surface area (Å²) in [7, 11) is 1.75. The van der Waals surface area contributed by atoms with Crippen LogP contribution >= 0.6 is 0 Å². The second-order valence-corrected chi connectivity index (χ2v) is 11.5. The van der Waals surface area contributed by atoms with Crippen LogP contribution in [0.4, 0.5) is 0 Å². The maximum Gasteiger partial charge on any atom is 0.142 e. The van der Waals surface area contributed by atoms with Crippen molar-refractivity contribution in [1.82, 2.24) is 4.57 Å². The fraction of sp³-hybridized carbons (Fsp3) is 0.211. The zero-order valence-electron chi connectivity index (χ0n) is 24.9. The van der Waals surface area contributed by atoms with E-state index in [9.17, 15) is 0 Å². The maximum absolute atomic E-state index is 5.87. The van der Waals surface area contributed by atoms with Crippen molar-refractivity contribution < 1.29 is 4.74 Å². The molecule has 0 N–H and O–H groups in total. The lowest BCUT2D eigenvalue weighted by Crippen LogP contribution is -1.99. The molecule has 0 aliphatic heterocycles. The largest absolute Gasteiger partial charge is 0.495 e. The first kappa shape index (κ1) is 26.0. The molecule has 0 unspecified atom stereocenters. The van der Waals surface area contributed by atoms with Gasteiger partial charge in [0.15, 0.2) is 0 Å². The zero-order valence-corrected chi connectivity index (χ0v) is 24.9. The lowest BCUT2D eigenvalue weighted by atomic mass is 9.91. The average molecular weight is 524 g/mol. The van der Waals surface area contributed by atoms with Gasteiger partial charge >= 0.3 is 0 Å². The molecule has 0 aliphatic rings. The number of benzene rings is 5. The Kier molecular flexibility index (Phi) is 6.30. The number of aryl methyl sites for hydroxylation is 7. The molecule has 0 saturated carbocycles. The zero-order chi connectivity index (χ0) is 28.3. The van der Waals surface area contributed by atoms with Crippen molar-refractivity contribution in [2.24, 2.45) is 0 Å². The summed E-state index contributed by atoms with van der Waals surface area (Å²) in [6.45, 7) is 15.4. The van der Waals surface area contributed by atoms with Crippen molar-refractivity contribution in [2.75, 3.05) is 7.11 Å². The van der Waals surface area contributed by atoms with Crippen molar-refractivity contribution in [3.63, 3.8) is 0 Å². The van der Waals surface area contributed by atoms with Crippen LogP contribution in [0.3, 0.4) is 0 Å². The Labute approximate surface area is 237 Å². The topological polar surface area (TPSA) is 14.2 Å². The normalized spacial score (nSPS) is 11.5. The fourth-order valence-corrected chi connectivity index (χ4v) is 6.84. The van der Waals surface area contributed by atoms with Crippen LogP contribution in [-0.2, 0) is 0 Å². The number of hydrogen-bond donors (Lipinski definition) is 0. The van der Waals surface area contributed by atoms with Gasteiger partial charge in [-0.05, 0) is 135 Å². The molecule has 2 heteroatoms. The second-order valence-electron chi connectivity index (χ2n) is 11.5. The summed E-state index contributed by atoms with van der Waals surface area (Å²) in [4.78, 5) is 0. The van der Waals surface area contributed by atoms with Gasteiger partial charge in [0, 0.05) is 10.8 Å². The monoisotopic (exact) mass is 523 g/mol. The number of hydrogen-bond acceptors (Lipinski definition) is 1. The number of nitrogens with zero attached hydrogens (tertiary/aromatic N) is 1. The number of fused-ring (bicyclic) bond motifs is 3. The van der Waals surface area contributed by atoms with Gasteiger partial charge in [0.05, 0.1) is 23.8 Å². The van der Waals surface area contributed by atoms with Crippen LogP contribution in [0, 0.1) is 48.5 Å². The number of ether oxygens (including phenoxy) is 1. The first-order chi connectivity index (χ1) is 19.2. The van der Waals surface area contributed by atoms with E-state index in [1.165, 1.54) is 83.0 Å². The van der Waals surface area contributed by atoms with E-state index in [-0.39, 0.29) is 0 Å². The predicted molar refractivity (Wildman–Crippen MR) is 171 cm³/mol. The third-order valence-electron chi connectivity index (χ3n) is 8.27. The predicted octanol–water partition coefficient (Wildman–Crippen LogP) is 10.3. The van der Waals surface area contributed by atoms with Crippen LogP contribution in [0.5, 0.6) is 5.75 Å². The Hall–Kier alpha value is -4.30. The van der Waals surface area contributed by atoms with E-state index in [1.54, 1.807) is 7.11 Å². The highest BCUT2D eigenvalue weighted by molar-refractivity contribution is 6.12. The quantitative estimate of drug-likeness (QED) is 0.224. The molecule has 0 spiro atoms. The Morgan fingerprint density at radius 3 is 1.35 bits per heavy atom. The molecule has 0 aliphatic carbocycles. The summed E-state index contributed by atoms with van der Waals surface area (Å²) >= 11 is 0. The summed E-state index contributed by atoms with van der Waals surface area (Å²) < 4.78 is 8.24. The number of methoxy groups -OCH3 is 1. The minimum absolute atomic E-state index is 0.869. The van der Waals surface area contributed by atoms with Crippen molar-refractivity contribution in [1.29, 1.82) is 0 Å². The van der Waals surface area contributed by atoms with Crippen molar-refractivity contribution in [3.05, 3.63) is 118 Å². The molecular weight excluding hydrogens is 486 g/mol.